The molecule has 3 saturated carbocycles. The number of carbonyl (C=O) groups is 1. The Hall–Kier alpha value is -1.02. The second kappa shape index (κ2) is 9.56. The van der Waals surface area contributed by atoms with Crippen LogP contribution >= 0.6 is 0 Å². The molecule has 1 amide bonds. The highest BCUT2D eigenvalue weighted by atomic mass is 32.2. The third kappa shape index (κ3) is 4.89. The van der Waals surface area contributed by atoms with Crippen LogP contribution in [0.1, 0.15) is 77.0 Å². The van der Waals surface area contributed by atoms with Gasteiger partial charge in [0.25, 0.3) is 0 Å². The molecule has 0 aromatic rings. The fraction of sp³-hybridized carbons (Fsp3) is 0.880. The van der Waals surface area contributed by atoms with Crippen LogP contribution in [-0.4, -0.2) is 61.3 Å². The third-order valence-corrected chi connectivity index (χ3v) is 11.5. The number of hydrogen-bond donors (Lipinski definition) is 1. The maximum absolute atomic E-state index is 13.7. The van der Waals surface area contributed by atoms with Crippen molar-refractivity contribution in [2.75, 3.05) is 12.3 Å². The molecular weight excluding hydrogens is 446 g/mol. The van der Waals surface area contributed by atoms with Crippen LogP contribution in [0, 0.1) is 17.8 Å². The highest BCUT2D eigenvalue weighted by molar-refractivity contribution is 7.92. The van der Waals surface area contributed by atoms with Gasteiger partial charge in [-0.3, -0.25) is 9.69 Å². The van der Waals surface area contributed by atoms with E-state index in [1.165, 1.54) is 12.0 Å². The summed E-state index contributed by atoms with van der Waals surface area (Å²) in [6, 6.07) is 0.390. The first-order valence-electron chi connectivity index (χ1n) is 13.1. The Morgan fingerprint density at radius 2 is 1.73 bits per heavy atom. The molecule has 6 unspecified atom stereocenters. The van der Waals surface area contributed by atoms with Gasteiger partial charge in [0.2, 0.25) is 5.91 Å². The van der Waals surface area contributed by atoms with Gasteiger partial charge in [-0.1, -0.05) is 18.9 Å². The van der Waals surface area contributed by atoms with Crippen molar-refractivity contribution in [1.82, 2.24) is 10.2 Å². The average Bonchev–Trinajstić information content (AvgIpc) is 3.19. The first-order chi connectivity index (χ1) is 15.8. The van der Waals surface area contributed by atoms with E-state index < -0.39 is 27.4 Å². The van der Waals surface area contributed by atoms with E-state index in [-0.39, 0.29) is 48.9 Å². The molecule has 2 saturated heterocycles. The first kappa shape index (κ1) is 23.7. The summed E-state index contributed by atoms with van der Waals surface area (Å²) in [5.74, 6) is 1.03. The summed E-state index contributed by atoms with van der Waals surface area (Å²) < 4.78 is 52.8. The van der Waals surface area contributed by atoms with Crippen LogP contribution < -0.4 is 5.32 Å². The highest BCUT2D eigenvalue weighted by Crippen LogP contribution is 2.40. The van der Waals surface area contributed by atoms with Crippen LogP contribution in [0.2, 0.25) is 0 Å². The summed E-state index contributed by atoms with van der Waals surface area (Å²) in [6.45, 7) is 1.02. The van der Waals surface area contributed by atoms with E-state index in [2.05, 4.69) is 16.3 Å². The quantitative estimate of drug-likeness (QED) is 0.611. The molecule has 0 aromatic carbocycles. The number of rotatable bonds is 4. The van der Waals surface area contributed by atoms with Gasteiger partial charge in [0.05, 0.1) is 16.9 Å². The maximum Gasteiger partial charge on any atom is 0.226 e. The maximum atomic E-state index is 13.7. The number of nitrogens with zero attached hydrogens (tertiary/aromatic N) is 1. The Morgan fingerprint density at radius 1 is 0.970 bits per heavy atom. The lowest BCUT2D eigenvalue weighted by Gasteiger charge is -2.45. The van der Waals surface area contributed by atoms with Gasteiger partial charge in [-0.15, -0.1) is 0 Å². The minimum atomic E-state index is -3.39. The number of amides is 1. The molecule has 0 spiro atoms. The van der Waals surface area contributed by atoms with Crippen molar-refractivity contribution in [1.29, 1.82) is 0 Å². The summed E-state index contributed by atoms with van der Waals surface area (Å²) in [5.41, 5.74) is 1.33. The molecule has 0 radical (unpaired) electrons. The summed E-state index contributed by atoms with van der Waals surface area (Å²) in [7, 11) is -3.39. The number of fused-ring (bicyclic) bond motifs is 3. The number of allylic oxidation sites excluding steroid dienone is 1. The Bertz CT molecular complexity index is 871. The minimum Gasteiger partial charge on any atom is -0.336 e. The zero-order valence-electron chi connectivity index (χ0n) is 19.4. The number of halogens is 2. The predicted octanol–water partition coefficient (Wildman–Crippen LogP) is 4.08. The molecule has 8 heteroatoms. The van der Waals surface area contributed by atoms with Crippen LogP contribution in [-0.2, 0) is 14.6 Å². The summed E-state index contributed by atoms with van der Waals surface area (Å²) in [4.78, 5) is 15.2. The van der Waals surface area contributed by atoms with Crippen molar-refractivity contribution in [2.45, 2.75) is 107 Å². The molecule has 1 N–H and O–H groups in total. The number of sulfone groups is 1. The van der Waals surface area contributed by atoms with E-state index in [4.69, 9.17) is 0 Å². The highest BCUT2D eigenvalue weighted by Gasteiger charge is 2.46. The average molecular weight is 485 g/mol. The SMILES string of the molecule is O=C1NC2/C(=C/C3CCC(CS(=O)(=O)C4CCC(F)C(F)C4)CC3)CCN2C2CCCCC12. The van der Waals surface area contributed by atoms with E-state index in [1.807, 2.05) is 0 Å². The second-order valence-corrected chi connectivity index (χ2v) is 13.5. The van der Waals surface area contributed by atoms with E-state index in [1.54, 1.807) is 0 Å². The van der Waals surface area contributed by atoms with Gasteiger partial charge in [-0.2, -0.15) is 0 Å². The largest absolute Gasteiger partial charge is 0.336 e. The molecule has 6 atom stereocenters. The van der Waals surface area contributed by atoms with Gasteiger partial charge in [-0.25, -0.2) is 17.2 Å². The molecule has 3 aliphatic carbocycles. The van der Waals surface area contributed by atoms with Crippen molar-refractivity contribution >= 4 is 15.7 Å². The van der Waals surface area contributed by atoms with Crippen LogP contribution in [0.5, 0.6) is 0 Å². The second-order valence-electron chi connectivity index (χ2n) is 11.2. The predicted molar refractivity (Wildman–Crippen MR) is 124 cm³/mol. The van der Waals surface area contributed by atoms with Crippen molar-refractivity contribution in [3.05, 3.63) is 11.6 Å². The smallest absolute Gasteiger partial charge is 0.226 e. The molecule has 186 valence electrons. The zero-order chi connectivity index (χ0) is 23.2. The van der Waals surface area contributed by atoms with Crippen LogP contribution in [0.15, 0.2) is 11.6 Å². The fourth-order valence-corrected chi connectivity index (χ4v) is 9.39. The standard InChI is InChI=1S/C25H38F2N2O3S/c26-21-10-9-19(14-22(21)27)33(31,32)15-17-7-5-16(6-8-17)13-18-11-12-29-23-4-2-1-3-20(23)25(30)28-24(18)29/h13,16-17,19-24H,1-12,14-15H2,(H,28,30)/b18-13+. The van der Waals surface area contributed by atoms with Gasteiger partial charge in [0.1, 0.15) is 18.5 Å². The van der Waals surface area contributed by atoms with E-state index in [0.29, 0.717) is 12.0 Å². The molecule has 0 bridgehead atoms. The molecule has 33 heavy (non-hydrogen) atoms. The molecule has 2 heterocycles. The van der Waals surface area contributed by atoms with Gasteiger partial charge < -0.3 is 5.32 Å². The molecule has 5 aliphatic rings. The lowest BCUT2D eigenvalue weighted by Crippen LogP contribution is -2.61. The first-order valence-corrected chi connectivity index (χ1v) is 14.8. The Balaban J connectivity index is 1.15. The van der Waals surface area contributed by atoms with E-state index in [0.717, 1.165) is 57.9 Å². The lowest BCUT2D eigenvalue weighted by atomic mass is 9.80. The van der Waals surface area contributed by atoms with Gasteiger partial charge in [0, 0.05) is 12.6 Å². The zero-order valence-corrected chi connectivity index (χ0v) is 20.2. The van der Waals surface area contributed by atoms with E-state index >= 15 is 0 Å². The van der Waals surface area contributed by atoms with Crippen molar-refractivity contribution in [3.8, 4) is 0 Å². The normalized spacial score (nSPS) is 43.7. The lowest BCUT2D eigenvalue weighted by molar-refractivity contribution is -0.135. The number of hydrogen-bond acceptors (Lipinski definition) is 4. The monoisotopic (exact) mass is 484 g/mol. The Labute approximate surface area is 196 Å². The Morgan fingerprint density at radius 3 is 2.48 bits per heavy atom. The number of nitrogens with one attached hydrogen (secondary N) is 1. The van der Waals surface area contributed by atoms with Crippen molar-refractivity contribution < 1.29 is 22.0 Å². The number of carbonyl (C=O) groups excluding carboxylic acids is 1. The van der Waals surface area contributed by atoms with Crippen LogP contribution in [0.3, 0.4) is 0 Å². The van der Waals surface area contributed by atoms with Gasteiger partial charge in [0.15, 0.2) is 9.84 Å². The molecule has 5 nitrogen and oxygen atoms in total. The fourth-order valence-electron chi connectivity index (χ4n) is 7.16. The summed E-state index contributed by atoms with van der Waals surface area (Å²) in [6.07, 6.45) is 8.48. The minimum absolute atomic E-state index is 0.0156. The summed E-state index contributed by atoms with van der Waals surface area (Å²) in [5, 5.41) is 2.56. The molecular formula is C25H38F2N2O3S. The molecule has 5 rings (SSSR count). The number of alkyl halides is 2. The Kier molecular flexibility index (Phi) is 6.87. The molecule has 5 fully saturated rings. The van der Waals surface area contributed by atoms with Crippen molar-refractivity contribution in [2.24, 2.45) is 17.8 Å². The topological polar surface area (TPSA) is 66.5 Å². The van der Waals surface area contributed by atoms with Crippen LogP contribution in [0.4, 0.5) is 8.78 Å². The van der Waals surface area contributed by atoms with Crippen LogP contribution in [0.25, 0.3) is 0 Å². The van der Waals surface area contributed by atoms with Gasteiger partial charge >= 0.3 is 0 Å². The van der Waals surface area contributed by atoms with E-state index in [9.17, 15) is 22.0 Å². The molecule has 2 aliphatic heterocycles. The van der Waals surface area contributed by atoms with Crippen molar-refractivity contribution in [3.63, 3.8) is 0 Å². The third-order valence-electron chi connectivity index (χ3n) is 9.07. The molecule has 0 aromatic heterocycles. The summed E-state index contributed by atoms with van der Waals surface area (Å²) >= 11 is 0. The van der Waals surface area contributed by atoms with Gasteiger partial charge in [-0.05, 0) is 81.6 Å².